The molecule has 0 aliphatic carbocycles. The second-order valence-electron chi connectivity index (χ2n) is 4.40. The first-order chi connectivity index (χ1) is 8.74. The summed E-state index contributed by atoms with van der Waals surface area (Å²) < 4.78 is 10.8. The average Bonchev–Trinajstić information content (AvgIpc) is 2.40. The Morgan fingerprint density at radius 3 is 2.56 bits per heavy atom. The molecule has 0 radical (unpaired) electrons. The van der Waals surface area contributed by atoms with Crippen molar-refractivity contribution in [3.05, 3.63) is 29.8 Å². The lowest BCUT2D eigenvalue weighted by Crippen LogP contribution is -2.42. The summed E-state index contributed by atoms with van der Waals surface area (Å²) in [5.74, 6) is 0.910. The van der Waals surface area contributed by atoms with E-state index in [1.54, 1.807) is 14.2 Å². The van der Waals surface area contributed by atoms with Gasteiger partial charge < -0.3 is 14.8 Å². The number of benzene rings is 1. The molecule has 2 unspecified atom stereocenters. The molecule has 1 rings (SSSR count). The molecule has 1 aromatic rings. The van der Waals surface area contributed by atoms with Crippen LogP contribution in [-0.2, 0) is 11.2 Å². The van der Waals surface area contributed by atoms with Crippen LogP contribution in [0.5, 0.6) is 5.75 Å². The van der Waals surface area contributed by atoms with Crippen LogP contribution in [0.3, 0.4) is 0 Å². The molecule has 3 nitrogen and oxygen atoms in total. The van der Waals surface area contributed by atoms with E-state index in [2.05, 4.69) is 31.3 Å². The minimum absolute atomic E-state index is 0.246. The summed E-state index contributed by atoms with van der Waals surface area (Å²) in [6.45, 7) is 5.24. The highest BCUT2D eigenvalue weighted by Gasteiger charge is 2.19. The SMILES string of the molecule is CCNC(Cc1cccc(OC)c1)C(CC)OC. The zero-order valence-electron chi connectivity index (χ0n) is 11.9. The number of hydrogen-bond donors (Lipinski definition) is 1. The quantitative estimate of drug-likeness (QED) is 0.770. The van der Waals surface area contributed by atoms with Crippen LogP contribution >= 0.6 is 0 Å². The van der Waals surface area contributed by atoms with Gasteiger partial charge in [0.05, 0.1) is 13.2 Å². The third-order valence-electron chi connectivity index (χ3n) is 3.21. The lowest BCUT2D eigenvalue weighted by molar-refractivity contribution is 0.0658. The zero-order chi connectivity index (χ0) is 13.4. The van der Waals surface area contributed by atoms with E-state index < -0.39 is 0 Å². The largest absolute Gasteiger partial charge is 0.497 e. The molecular formula is C15H25NO2. The Balaban J connectivity index is 2.75. The van der Waals surface area contributed by atoms with E-state index in [1.165, 1.54) is 5.56 Å². The molecule has 0 fully saturated rings. The van der Waals surface area contributed by atoms with Crippen LogP contribution in [0.2, 0.25) is 0 Å². The van der Waals surface area contributed by atoms with Gasteiger partial charge in [0.1, 0.15) is 5.75 Å². The molecule has 0 aliphatic heterocycles. The van der Waals surface area contributed by atoms with E-state index in [0.29, 0.717) is 6.04 Å². The maximum atomic E-state index is 5.55. The third kappa shape index (κ3) is 4.31. The molecular weight excluding hydrogens is 226 g/mol. The highest BCUT2D eigenvalue weighted by molar-refractivity contribution is 5.29. The molecule has 1 N–H and O–H groups in total. The summed E-state index contributed by atoms with van der Waals surface area (Å²) in [6.07, 6.45) is 2.21. The highest BCUT2D eigenvalue weighted by atomic mass is 16.5. The van der Waals surface area contributed by atoms with Crippen molar-refractivity contribution >= 4 is 0 Å². The van der Waals surface area contributed by atoms with Crippen molar-refractivity contribution < 1.29 is 9.47 Å². The van der Waals surface area contributed by atoms with E-state index in [-0.39, 0.29) is 6.10 Å². The van der Waals surface area contributed by atoms with Gasteiger partial charge in [0.2, 0.25) is 0 Å². The number of likely N-dealkylation sites (N-methyl/N-ethyl adjacent to an activating group) is 1. The van der Waals surface area contributed by atoms with E-state index in [1.807, 2.05) is 12.1 Å². The van der Waals surface area contributed by atoms with Gasteiger partial charge >= 0.3 is 0 Å². The van der Waals surface area contributed by atoms with E-state index in [4.69, 9.17) is 9.47 Å². The van der Waals surface area contributed by atoms with Gasteiger partial charge in [0.25, 0.3) is 0 Å². The molecule has 18 heavy (non-hydrogen) atoms. The Morgan fingerprint density at radius 2 is 2.00 bits per heavy atom. The van der Waals surface area contributed by atoms with Gasteiger partial charge in [-0.15, -0.1) is 0 Å². The topological polar surface area (TPSA) is 30.5 Å². The Bertz CT molecular complexity index is 337. The first kappa shape index (κ1) is 15.0. The van der Waals surface area contributed by atoms with Crippen LogP contribution in [0, 0.1) is 0 Å². The van der Waals surface area contributed by atoms with Crippen molar-refractivity contribution in [2.45, 2.75) is 38.8 Å². The molecule has 102 valence electrons. The lowest BCUT2D eigenvalue weighted by atomic mass is 9.99. The minimum Gasteiger partial charge on any atom is -0.497 e. The monoisotopic (exact) mass is 251 g/mol. The van der Waals surface area contributed by atoms with E-state index in [9.17, 15) is 0 Å². The molecule has 2 atom stereocenters. The second kappa shape index (κ2) is 8.11. The number of methoxy groups -OCH3 is 2. The minimum atomic E-state index is 0.246. The fourth-order valence-electron chi connectivity index (χ4n) is 2.27. The fourth-order valence-corrected chi connectivity index (χ4v) is 2.27. The molecule has 0 aromatic heterocycles. The Morgan fingerprint density at radius 1 is 1.22 bits per heavy atom. The molecule has 1 aromatic carbocycles. The summed E-state index contributed by atoms with van der Waals surface area (Å²) >= 11 is 0. The van der Waals surface area contributed by atoms with E-state index >= 15 is 0 Å². The van der Waals surface area contributed by atoms with Crippen molar-refractivity contribution in [1.82, 2.24) is 5.32 Å². The van der Waals surface area contributed by atoms with Gasteiger partial charge in [-0.05, 0) is 37.1 Å². The Hall–Kier alpha value is -1.06. The molecule has 0 bridgehead atoms. The van der Waals surface area contributed by atoms with Crippen LogP contribution in [0.4, 0.5) is 0 Å². The van der Waals surface area contributed by atoms with Gasteiger partial charge in [-0.1, -0.05) is 26.0 Å². The predicted molar refractivity (Wildman–Crippen MR) is 75.3 cm³/mol. The summed E-state index contributed by atoms with van der Waals surface area (Å²) in [5, 5.41) is 3.50. The number of ether oxygens (including phenoxy) is 2. The third-order valence-corrected chi connectivity index (χ3v) is 3.21. The first-order valence-corrected chi connectivity index (χ1v) is 6.64. The molecule has 0 saturated carbocycles. The highest BCUT2D eigenvalue weighted by Crippen LogP contribution is 2.16. The maximum Gasteiger partial charge on any atom is 0.119 e. The average molecular weight is 251 g/mol. The number of nitrogens with one attached hydrogen (secondary N) is 1. The van der Waals surface area contributed by atoms with Crippen LogP contribution in [-0.4, -0.2) is 32.9 Å². The Labute approximate surface area is 110 Å². The van der Waals surface area contributed by atoms with Crippen LogP contribution in [0.25, 0.3) is 0 Å². The van der Waals surface area contributed by atoms with Gasteiger partial charge in [-0.25, -0.2) is 0 Å². The van der Waals surface area contributed by atoms with Crippen LogP contribution in [0.1, 0.15) is 25.8 Å². The molecule has 0 heterocycles. The second-order valence-corrected chi connectivity index (χ2v) is 4.40. The molecule has 0 aliphatic rings. The predicted octanol–water partition coefficient (Wildman–Crippen LogP) is 2.64. The van der Waals surface area contributed by atoms with Gasteiger partial charge in [-0.2, -0.15) is 0 Å². The smallest absolute Gasteiger partial charge is 0.119 e. The number of rotatable bonds is 8. The Kier molecular flexibility index (Phi) is 6.76. The summed E-state index contributed by atoms with van der Waals surface area (Å²) in [6, 6.07) is 8.57. The van der Waals surface area contributed by atoms with E-state index in [0.717, 1.165) is 25.1 Å². The van der Waals surface area contributed by atoms with Crippen molar-refractivity contribution in [1.29, 1.82) is 0 Å². The lowest BCUT2D eigenvalue weighted by Gasteiger charge is -2.26. The molecule has 3 heteroatoms. The van der Waals surface area contributed by atoms with Crippen molar-refractivity contribution in [2.24, 2.45) is 0 Å². The van der Waals surface area contributed by atoms with Gasteiger partial charge in [0.15, 0.2) is 0 Å². The van der Waals surface area contributed by atoms with Crippen molar-refractivity contribution in [3.63, 3.8) is 0 Å². The maximum absolute atomic E-state index is 5.55. The number of hydrogen-bond acceptors (Lipinski definition) is 3. The summed E-state index contributed by atoms with van der Waals surface area (Å²) in [4.78, 5) is 0. The van der Waals surface area contributed by atoms with Crippen LogP contribution in [0.15, 0.2) is 24.3 Å². The molecule has 0 spiro atoms. The molecule has 0 amide bonds. The zero-order valence-corrected chi connectivity index (χ0v) is 11.9. The van der Waals surface area contributed by atoms with Gasteiger partial charge in [0, 0.05) is 13.2 Å². The summed E-state index contributed by atoms with van der Waals surface area (Å²) in [7, 11) is 3.48. The van der Waals surface area contributed by atoms with Gasteiger partial charge in [-0.3, -0.25) is 0 Å². The van der Waals surface area contributed by atoms with Crippen molar-refractivity contribution in [2.75, 3.05) is 20.8 Å². The molecule has 0 saturated heterocycles. The normalized spacial score (nSPS) is 14.2. The van der Waals surface area contributed by atoms with Crippen molar-refractivity contribution in [3.8, 4) is 5.75 Å². The first-order valence-electron chi connectivity index (χ1n) is 6.64. The van der Waals surface area contributed by atoms with Crippen LogP contribution < -0.4 is 10.1 Å². The standard InChI is InChI=1S/C15H25NO2/c1-5-15(18-4)14(16-6-2)11-12-8-7-9-13(10-12)17-3/h7-10,14-16H,5-6,11H2,1-4H3. The summed E-state index contributed by atoms with van der Waals surface area (Å²) in [5.41, 5.74) is 1.27. The fraction of sp³-hybridized carbons (Fsp3) is 0.600.